The molecule has 2 aliphatic heterocycles. The minimum absolute atomic E-state index is 0.0612. The largest absolute Gasteiger partial charge is 0.495 e. The van der Waals surface area contributed by atoms with Crippen molar-refractivity contribution in [3.8, 4) is 16.9 Å². The number of methoxy groups -OCH3 is 1. The van der Waals surface area contributed by atoms with Gasteiger partial charge in [-0.1, -0.05) is 72.3 Å². The molecular formula is C29H26ClNO3. The van der Waals surface area contributed by atoms with Crippen molar-refractivity contribution in [1.29, 1.82) is 0 Å². The van der Waals surface area contributed by atoms with Crippen LogP contribution in [-0.4, -0.2) is 36.8 Å². The molecule has 3 aromatic carbocycles. The van der Waals surface area contributed by atoms with Gasteiger partial charge in [0.15, 0.2) is 0 Å². The van der Waals surface area contributed by atoms with E-state index in [0.29, 0.717) is 17.4 Å². The van der Waals surface area contributed by atoms with Gasteiger partial charge in [0.1, 0.15) is 12.4 Å². The van der Waals surface area contributed by atoms with Crippen molar-refractivity contribution in [1.82, 2.24) is 4.90 Å². The average molecular weight is 472 g/mol. The van der Waals surface area contributed by atoms with E-state index in [1.165, 1.54) is 27.8 Å². The summed E-state index contributed by atoms with van der Waals surface area (Å²) in [6.45, 7) is 0.355. The van der Waals surface area contributed by atoms with Gasteiger partial charge in [-0.2, -0.15) is 0 Å². The Kier molecular flexibility index (Phi) is 5.34. The third-order valence-corrected chi connectivity index (χ3v) is 7.78. The van der Waals surface area contributed by atoms with Crippen LogP contribution in [0, 0.1) is 0 Å². The zero-order chi connectivity index (χ0) is 23.2. The van der Waals surface area contributed by atoms with Gasteiger partial charge in [-0.25, -0.2) is 4.79 Å². The molecule has 34 heavy (non-hydrogen) atoms. The molecule has 1 amide bonds. The lowest BCUT2D eigenvalue weighted by atomic mass is 9.95. The summed E-state index contributed by atoms with van der Waals surface area (Å²) >= 11 is 6.21. The summed E-state index contributed by atoms with van der Waals surface area (Å²) in [6, 6.07) is 22.9. The minimum atomic E-state index is -0.210. The predicted octanol–water partition coefficient (Wildman–Crippen LogP) is 6.92. The zero-order valence-corrected chi connectivity index (χ0v) is 19.8. The summed E-state index contributed by atoms with van der Waals surface area (Å²) in [5.41, 5.74) is 7.29. The van der Waals surface area contributed by atoms with Crippen LogP contribution in [0.15, 0.2) is 72.8 Å². The van der Waals surface area contributed by atoms with Crippen molar-refractivity contribution in [3.63, 3.8) is 0 Å². The van der Waals surface area contributed by atoms with Gasteiger partial charge in [0, 0.05) is 12.0 Å². The van der Waals surface area contributed by atoms with Crippen molar-refractivity contribution < 1.29 is 14.3 Å². The molecule has 2 atom stereocenters. The van der Waals surface area contributed by atoms with Crippen LogP contribution >= 0.6 is 11.6 Å². The van der Waals surface area contributed by atoms with Crippen LogP contribution < -0.4 is 4.74 Å². The SMILES string of the molecule is COc1cc(C2=CC3CCC(C2)N3C(=O)OCC2c3ccccc3-c3ccccc32)ccc1Cl. The number of carbonyl (C=O) groups is 1. The van der Waals surface area contributed by atoms with Gasteiger partial charge >= 0.3 is 6.09 Å². The zero-order valence-electron chi connectivity index (χ0n) is 19.0. The van der Waals surface area contributed by atoms with Crippen LogP contribution in [-0.2, 0) is 4.74 Å². The fourth-order valence-electron chi connectivity index (χ4n) is 5.86. The third kappa shape index (κ3) is 3.48. The van der Waals surface area contributed by atoms with E-state index in [9.17, 15) is 4.79 Å². The maximum atomic E-state index is 13.3. The van der Waals surface area contributed by atoms with Crippen molar-refractivity contribution in [2.45, 2.75) is 37.3 Å². The first-order valence-electron chi connectivity index (χ1n) is 11.8. The Morgan fingerprint density at radius 1 is 1.00 bits per heavy atom. The van der Waals surface area contributed by atoms with Gasteiger partial charge in [0.25, 0.3) is 0 Å². The lowest BCUT2D eigenvalue weighted by Crippen LogP contribution is -2.43. The van der Waals surface area contributed by atoms with Gasteiger partial charge in [-0.05, 0) is 64.8 Å². The van der Waals surface area contributed by atoms with E-state index in [-0.39, 0.29) is 24.1 Å². The fourth-order valence-corrected chi connectivity index (χ4v) is 6.05. The number of halogens is 1. The van der Waals surface area contributed by atoms with Crippen LogP contribution in [0.1, 0.15) is 41.9 Å². The number of hydrogen-bond donors (Lipinski definition) is 0. The van der Waals surface area contributed by atoms with Gasteiger partial charge in [-0.15, -0.1) is 0 Å². The molecular weight excluding hydrogens is 446 g/mol. The molecule has 0 saturated carbocycles. The third-order valence-electron chi connectivity index (χ3n) is 7.46. The second kappa shape index (κ2) is 8.52. The van der Waals surface area contributed by atoms with E-state index in [1.807, 2.05) is 23.1 Å². The monoisotopic (exact) mass is 471 g/mol. The number of nitrogens with zero attached hydrogens (tertiary/aromatic N) is 1. The van der Waals surface area contributed by atoms with Gasteiger partial charge in [0.05, 0.1) is 18.2 Å². The minimum Gasteiger partial charge on any atom is -0.495 e. The molecule has 172 valence electrons. The average Bonchev–Trinajstić information content (AvgIpc) is 3.33. The molecule has 0 spiro atoms. The molecule has 5 heteroatoms. The van der Waals surface area contributed by atoms with E-state index < -0.39 is 0 Å². The van der Waals surface area contributed by atoms with E-state index in [0.717, 1.165) is 24.8 Å². The highest BCUT2D eigenvalue weighted by Crippen LogP contribution is 2.45. The van der Waals surface area contributed by atoms with Crippen LogP contribution in [0.25, 0.3) is 16.7 Å². The fraction of sp³-hybridized carbons (Fsp3) is 0.276. The number of ether oxygens (including phenoxy) is 2. The number of benzene rings is 3. The second-order valence-corrected chi connectivity index (χ2v) is 9.66. The van der Waals surface area contributed by atoms with Crippen molar-refractivity contribution in [2.24, 2.45) is 0 Å². The Morgan fingerprint density at radius 2 is 1.71 bits per heavy atom. The molecule has 6 rings (SSSR count). The molecule has 3 aromatic rings. The first-order valence-corrected chi connectivity index (χ1v) is 12.2. The molecule has 0 radical (unpaired) electrons. The number of hydrogen-bond acceptors (Lipinski definition) is 3. The Hall–Kier alpha value is -3.24. The van der Waals surface area contributed by atoms with Crippen molar-refractivity contribution in [2.75, 3.05) is 13.7 Å². The van der Waals surface area contributed by atoms with E-state index in [1.54, 1.807) is 7.11 Å². The Balaban J connectivity index is 1.20. The predicted molar refractivity (Wildman–Crippen MR) is 134 cm³/mol. The number of carbonyl (C=O) groups excluding carboxylic acids is 1. The Bertz CT molecular complexity index is 1250. The molecule has 2 unspecified atom stereocenters. The molecule has 2 heterocycles. The smallest absolute Gasteiger partial charge is 0.410 e. The first-order chi connectivity index (χ1) is 16.6. The highest BCUT2D eigenvalue weighted by Gasteiger charge is 2.41. The standard InChI is InChI=1S/C29H26ClNO3/c1-33-28-16-18(10-13-27(28)30)19-14-20-11-12-21(15-19)31(20)29(32)34-17-26-24-8-4-2-6-22(24)23-7-3-5-9-25(23)26/h2-10,13-14,16,20-21,26H,11-12,15,17H2,1H3. The quantitative estimate of drug-likeness (QED) is 0.414. The summed E-state index contributed by atoms with van der Waals surface area (Å²) in [5.74, 6) is 0.748. The molecule has 4 nitrogen and oxygen atoms in total. The van der Waals surface area contributed by atoms with Gasteiger partial charge < -0.3 is 9.47 Å². The molecule has 3 aliphatic rings. The van der Waals surface area contributed by atoms with Crippen LogP contribution in [0.3, 0.4) is 0 Å². The van der Waals surface area contributed by atoms with Gasteiger partial charge in [-0.3, -0.25) is 4.90 Å². The summed E-state index contributed by atoms with van der Waals surface area (Å²) in [5, 5.41) is 0.603. The van der Waals surface area contributed by atoms with Crippen LogP contribution in [0.5, 0.6) is 5.75 Å². The molecule has 2 bridgehead atoms. The number of rotatable bonds is 4. The second-order valence-electron chi connectivity index (χ2n) is 9.26. The molecule has 0 N–H and O–H groups in total. The summed E-state index contributed by atoms with van der Waals surface area (Å²) in [6.07, 6.45) is 4.76. The van der Waals surface area contributed by atoms with Crippen molar-refractivity contribution in [3.05, 3.63) is 94.5 Å². The van der Waals surface area contributed by atoms with Crippen LogP contribution in [0.4, 0.5) is 4.79 Å². The summed E-state index contributed by atoms with van der Waals surface area (Å²) < 4.78 is 11.4. The highest BCUT2D eigenvalue weighted by molar-refractivity contribution is 6.32. The van der Waals surface area contributed by atoms with E-state index in [4.69, 9.17) is 21.1 Å². The summed E-state index contributed by atoms with van der Waals surface area (Å²) in [7, 11) is 1.63. The van der Waals surface area contributed by atoms with Gasteiger partial charge in [0.2, 0.25) is 0 Å². The van der Waals surface area contributed by atoms with Crippen molar-refractivity contribution >= 4 is 23.3 Å². The molecule has 1 aliphatic carbocycles. The Morgan fingerprint density at radius 3 is 2.38 bits per heavy atom. The molecule has 0 aromatic heterocycles. The lowest BCUT2D eigenvalue weighted by molar-refractivity contribution is 0.0866. The summed E-state index contributed by atoms with van der Waals surface area (Å²) in [4.78, 5) is 15.2. The number of amides is 1. The normalized spacial score (nSPS) is 20.5. The highest BCUT2D eigenvalue weighted by atomic mass is 35.5. The maximum absolute atomic E-state index is 13.3. The lowest BCUT2D eigenvalue weighted by Gasteiger charge is -2.33. The maximum Gasteiger partial charge on any atom is 0.410 e. The topological polar surface area (TPSA) is 38.8 Å². The molecule has 1 fully saturated rings. The van der Waals surface area contributed by atoms with E-state index in [2.05, 4.69) is 54.6 Å². The number of fused-ring (bicyclic) bond motifs is 5. The molecule has 1 saturated heterocycles. The first kappa shape index (κ1) is 21.3. The van der Waals surface area contributed by atoms with E-state index >= 15 is 0 Å². The van der Waals surface area contributed by atoms with Crippen LogP contribution in [0.2, 0.25) is 5.02 Å². The Labute approximate surface area is 204 Å².